The molecule has 0 unspecified atom stereocenters. The second kappa shape index (κ2) is 6.24. The minimum Gasteiger partial charge on any atom is -0.363 e. The monoisotopic (exact) mass is 313 g/mol. The molecule has 0 bridgehead atoms. The van der Waals surface area contributed by atoms with Crippen LogP contribution in [0.3, 0.4) is 0 Å². The number of nitrogens with two attached hydrogens (primary N) is 1. The average molecular weight is 313 g/mol. The van der Waals surface area contributed by atoms with E-state index < -0.39 is 11.7 Å². The van der Waals surface area contributed by atoms with Gasteiger partial charge in [0.1, 0.15) is 6.54 Å². The lowest BCUT2D eigenvalue weighted by Crippen LogP contribution is -2.37. The van der Waals surface area contributed by atoms with E-state index in [2.05, 4.69) is 0 Å². The number of primary amides is 1. The predicted octanol–water partition coefficient (Wildman–Crippen LogP) is 1.32. The number of para-hydroxylation sites is 1. The molecule has 1 saturated heterocycles. The fraction of sp³-hybridized carbons (Fsp3) is 0.353. The van der Waals surface area contributed by atoms with Crippen molar-refractivity contribution in [2.45, 2.75) is 25.8 Å². The van der Waals surface area contributed by atoms with E-state index in [9.17, 15) is 14.4 Å². The number of carbonyl (C=O) groups is 3. The van der Waals surface area contributed by atoms with Gasteiger partial charge in [-0.1, -0.05) is 18.2 Å². The third kappa shape index (κ3) is 2.97. The van der Waals surface area contributed by atoms with Crippen LogP contribution >= 0.6 is 0 Å². The Labute approximate surface area is 133 Å². The number of hydrogen-bond donors (Lipinski definition) is 1. The molecule has 2 amide bonds. The number of likely N-dealkylation sites (tertiary alicyclic amines) is 1. The van der Waals surface area contributed by atoms with E-state index in [1.807, 2.05) is 17.0 Å². The summed E-state index contributed by atoms with van der Waals surface area (Å²) in [5, 5.41) is 0.641. The number of nitrogens with zero attached hydrogens (tertiary/aromatic N) is 2. The van der Waals surface area contributed by atoms with Gasteiger partial charge in [-0.25, -0.2) is 0 Å². The first-order valence-electron chi connectivity index (χ1n) is 7.77. The largest absolute Gasteiger partial charge is 0.363 e. The molecule has 23 heavy (non-hydrogen) atoms. The van der Waals surface area contributed by atoms with Gasteiger partial charge in [-0.05, 0) is 25.3 Å². The van der Waals surface area contributed by atoms with E-state index >= 15 is 0 Å². The van der Waals surface area contributed by atoms with Gasteiger partial charge in [-0.15, -0.1) is 0 Å². The highest BCUT2D eigenvalue weighted by molar-refractivity contribution is 6.44. The number of ketones is 1. The molecule has 0 aliphatic carbocycles. The highest BCUT2D eigenvalue weighted by Crippen LogP contribution is 2.22. The Kier molecular flexibility index (Phi) is 4.14. The lowest BCUT2D eigenvalue weighted by Gasteiger charge is -2.27. The van der Waals surface area contributed by atoms with Gasteiger partial charge in [0, 0.05) is 30.2 Å². The maximum absolute atomic E-state index is 12.5. The van der Waals surface area contributed by atoms with Gasteiger partial charge in [0.05, 0.1) is 5.56 Å². The Morgan fingerprint density at radius 2 is 1.74 bits per heavy atom. The molecular weight excluding hydrogens is 294 g/mol. The molecule has 2 heterocycles. The van der Waals surface area contributed by atoms with Gasteiger partial charge in [0.25, 0.3) is 11.7 Å². The van der Waals surface area contributed by atoms with Crippen molar-refractivity contribution in [1.82, 2.24) is 9.47 Å². The first-order chi connectivity index (χ1) is 11.1. The van der Waals surface area contributed by atoms with Gasteiger partial charge < -0.3 is 15.2 Å². The molecule has 2 aromatic rings. The summed E-state index contributed by atoms with van der Waals surface area (Å²) in [5.41, 5.74) is 6.12. The van der Waals surface area contributed by atoms with E-state index in [0.29, 0.717) is 5.39 Å². The number of rotatable bonds is 4. The molecule has 2 N–H and O–H groups in total. The lowest BCUT2D eigenvalue weighted by atomic mass is 10.1. The lowest BCUT2D eigenvalue weighted by molar-refractivity contribution is -0.132. The first-order valence-corrected chi connectivity index (χ1v) is 7.77. The number of hydrogen-bond acceptors (Lipinski definition) is 3. The average Bonchev–Trinajstić information content (AvgIpc) is 2.93. The van der Waals surface area contributed by atoms with Crippen LogP contribution in [0.5, 0.6) is 0 Å². The van der Waals surface area contributed by atoms with Crippen LogP contribution in [-0.4, -0.2) is 40.2 Å². The maximum atomic E-state index is 12.5. The van der Waals surface area contributed by atoms with Crippen molar-refractivity contribution in [3.05, 3.63) is 36.0 Å². The fourth-order valence-corrected chi connectivity index (χ4v) is 3.08. The second-order valence-corrected chi connectivity index (χ2v) is 5.82. The third-order valence-corrected chi connectivity index (χ3v) is 4.27. The Morgan fingerprint density at radius 3 is 2.43 bits per heavy atom. The van der Waals surface area contributed by atoms with E-state index in [0.717, 1.165) is 37.9 Å². The van der Waals surface area contributed by atoms with Crippen LogP contribution in [0, 0.1) is 0 Å². The van der Waals surface area contributed by atoms with Crippen LogP contribution in [0.4, 0.5) is 0 Å². The summed E-state index contributed by atoms with van der Waals surface area (Å²) in [6.45, 7) is 1.72. The van der Waals surface area contributed by atoms with Crippen molar-refractivity contribution in [1.29, 1.82) is 0 Å². The minimum atomic E-state index is -0.990. The molecule has 1 aliphatic rings. The van der Waals surface area contributed by atoms with E-state index in [1.54, 1.807) is 22.9 Å². The van der Waals surface area contributed by atoms with Gasteiger partial charge in [-0.3, -0.25) is 14.4 Å². The van der Waals surface area contributed by atoms with Crippen molar-refractivity contribution in [3.63, 3.8) is 0 Å². The highest BCUT2D eigenvalue weighted by atomic mass is 16.2. The molecule has 6 nitrogen and oxygen atoms in total. The molecule has 0 spiro atoms. The molecule has 1 aliphatic heterocycles. The summed E-state index contributed by atoms with van der Waals surface area (Å²) >= 11 is 0. The van der Waals surface area contributed by atoms with Crippen molar-refractivity contribution in [3.8, 4) is 0 Å². The van der Waals surface area contributed by atoms with Gasteiger partial charge in [-0.2, -0.15) is 0 Å². The zero-order chi connectivity index (χ0) is 16.4. The van der Waals surface area contributed by atoms with Crippen LogP contribution in [0.15, 0.2) is 30.5 Å². The highest BCUT2D eigenvalue weighted by Gasteiger charge is 2.22. The summed E-state index contributed by atoms with van der Waals surface area (Å²) in [4.78, 5) is 37.5. The normalized spacial score (nSPS) is 14.9. The van der Waals surface area contributed by atoms with Crippen molar-refractivity contribution >= 4 is 28.5 Å². The van der Waals surface area contributed by atoms with Crippen LogP contribution in [0.2, 0.25) is 0 Å². The van der Waals surface area contributed by atoms with Gasteiger partial charge in [0.2, 0.25) is 5.91 Å². The van der Waals surface area contributed by atoms with Crippen molar-refractivity contribution < 1.29 is 14.4 Å². The molecule has 6 heteroatoms. The summed E-state index contributed by atoms with van der Waals surface area (Å²) in [7, 11) is 0. The summed E-state index contributed by atoms with van der Waals surface area (Å²) in [6.07, 6.45) is 4.78. The molecular formula is C17H19N3O3. The zero-order valence-electron chi connectivity index (χ0n) is 12.8. The Hall–Kier alpha value is -2.63. The Morgan fingerprint density at radius 1 is 1.04 bits per heavy atom. The number of piperidine rings is 1. The summed E-state index contributed by atoms with van der Waals surface area (Å²) in [6, 6.07) is 7.21. The Bertz CT molecular complexity index is 772. The molecule has 1 aromatic heterocycles. The van der Waals surface area contributed by atoms with Crippen molar-refractivity contribution in [2.24, 2.45) is 5.73 Å². The number of Topliss-reactive ketones (excluding diaryl/α,β-unsaturated/α-hetero) is 1. The number of amides is 2. The van der Waals surface area contributed by atoms with Crippen LogP contribution in [0.1, 0.15) is 29.6 Å². The quantitative estimate of drug-likeness (QED) is 0.682. The molecule has 3 rings (SSSR count). The topological polar surface area (TPSA) is 85.4 Å². The minimum absolute atomic E-state index is 0.0310. The molecule has 0 atom stereocenters. The molecule has 1 aromatic carbocycles. The standard InChI is InChI=1S/C17H19N3O3/c18-17(23)16(22)13-10-20(14-7-3-2-6-12(13)14)11-15(21)19-8-4-1-5-9-19/h2-3,6-7,10H,1,4-5,8-9,11H2,(H2,18,23). The number of fused-ring (bicyclic) bond motifs is 1. The first kappa shape index (κ1) is 15.3. The third-order valence-electron chi connectivity index (χ3n) is 4.27. The van der Waals surface area contributed by atoms with E-state index in [1.165, 1.54) is 0 Å². The summed E-state index contributed by atoms with van der Waals surface area (Å²) < 4.78 is 1.72. The second-order valence-electron chi connectivity index (χ2n) is 5.82. The van der Waals surface area contributed by atoms with E-state index in [-0.39, 0.29) is 18.0 Å². The maximum Gasteiger partial charge on any atom is 0.289 e. The number of benzene rings is 1. The number of carbonyl (C=O) groups excluding carboxylic acids is 3. The molecule has 1 fully saturated rings. The van der Waals surface area contributed by atoms with Crippen LogP contribution in [-0.2, 0) is 16.1 Å². The van der Waals surface area contributed by atoms with Crippen LogP contribution in [0.25, 0.3) is 10.9 Å². The molecule has 0 radical (unpaired) electrons. The van der Waals surface area contributed by atoms with Crippen LogP contribution < -0.4 is 5.73 Å². The Balaban J connectivity index is 1.93. The fourth-order valence-electron chi connectivity index (χ4n) is 3.08. The number of aromatic nitrogens is 1. The van der Waals surface area contributed by atoms with Crippen molar-refractivity contribution in [2.75, 3.05) is 13.1 Å². The predicted molar refractivity (Wildman–Crippen MR) is 85.9 cm³/mol. The summed E-state index contributed by atoms with van der Waals surface area (Å²) in [5.74, 6) is -1.69. The van der Waals surface area contributed by atoms with Gasteiger partial charge >= 0.3 is 0 Å². The smallest absolute Gasteiger partial charge is 0.289 e. The molecule has 0 saturated carbocycles. The SMILES string of the molecule is NC(=O)C(=O)c1cn(CC(=O)N2CCCCC2)c2ccccc12. The zero-order valence-corrected chi connectivity index (χ0v) is 12.8. The van der Waals surface area contributed by atoms with E-state index in [4.69, 9.17) is 5.73 Å². The molecule has 120 valence electrons. The van der Waals surface area contributed by atoms with Gasteiger partial charge in [0.15, 0.2) is 0 Å².